The number of carbonyl (C=O) groups is 1. The molecule has 6 heteroatoms. The lowest BCUT2D eigenvalue weighted by Crippen LogP contribution is -2.36. The van der Waals surface area contributed by atoms with Crippen molar-refractivity contribution in [2.45, 2.75) is 46.6 Å². The summed E-state index contributed by atoms with van der Waals surface area (Å²) in [5.74, 6) is 0. The first-order valence-electron chi connectivity index (χ1n) is 8.64. The van der Waals surface area contributed by atoms with Gasteiger partial charge in [-0.1, -0.05) is 19.9 Å². The second kappa shape index (κ2) is 22.7. The summed E-state index contributed by atoms with van der Waals surface area (Å²) in [4.78, 5) is 14.3. The first-order valence-corrected chi connectivity index (χ1v) is 8.64. The van der Waals surface area contributed by atoms with Crippen molar-refractivity contribution in [3.05, 3.63) is 29.6 Å². The lowest BCUT2D eigenvalue weighted by molar-refractivity contribution is -0.0979. The summed E-state index contributed by atoms with van der Waals surface area (Å²) in [5.41, 5.74) is 8.53. The van der Waals surface area contributed by atoms with E-state index in [0.29, 0.717) is 6.73 Å². The molecule has 25 heavy (non-hydrogen) atoms. The molecule has 1 atom stereocenters. The third-order valence-electron chi connectivity index (χ3n) is 2.92. The van der Waals surface area contributed by atoms with E-state index in [4.69, 9.17) is 15.3 Å². The molecule has 0 aliphatic carbocycles. The number of aromatic nitrogens is 1. The lowest BCUT2D eigenvalue weighted by Gasteiger charge is -2.20. The number of methoxy groups -OCH3 is 2. The summed E-state index contributed by atoms with van der Waals surface area (Å²) >= 11 is 0. The fourth-order valence-electron chi connectivity index (χ4n) is 1.87. The Hall–Kier alpha value is -1.34. The molecule has 0 aromatic carbocycles. The number of ether oxygens (including phenoxy) is 2. The molecule has 1 aromatic rings. The number of aryl methyl sites for hydroxylation is 2. The van der Waals surface area contributed by atoms with Crippen LogP contribution in [0.2, 0.25) is 0 Å². The molecule has 0 aliphatic heterocycles. The fourth-order valence-corrected chi connectivity index (χ4v) is 1.87. The highest BCUT2D eigenvalue weighted by Gasteiger charge is 2.07. The molecule has 0 spiro atoms. The summed E-state index contributed by atoms with van der Waals surface area (Å²) in [6.45, 7) is 12.3. The van der Waals surface area contributed by atoms with Crippen LogP contribution in [0, 0.1) is 6.92 Å². The Kier molecular flexibility index (Phi) is 25.8. The first-order chi connectivity index (χ1) is 12.0. The van der Waals surface area contributed by atoms with E-state index in [1.54, 1.807) is 14.2 Å². The zero-order valence-electron chi connectivity index (χ0n) is 17.2. The highest BCUT2D eigenvalue weighted by Crippen LogP contribution is 2.06. The Morgan fingerprint density at radius 1 is 1.24 bits per heavy atom. The molecule has 0 saturated carbocycles. The van der Waals surface area contributed by atoms with E-state index in [1.165, 1.54) is 11.1 Å². The molecule has 0 fully saturated rings. The molecule has 148 valence electrons. The Morgan fingerprint density at radius 3 is 2.24 bits per heavy atom. The Bertz CT molecular complexity index is 377. The van der Waals surface area contributed by atoms with E-state index < -0.39 is 0 Å². The number of pyridine rings is 1. The predicted octanol–water partition coefficient (Wildman–Crippen LogP) is 2.68. The van der Waals surface area contributed by atoms with Crippen molar-refractivity contribution in [3.63, 3.8) is 0 Å². The molecule has 0 saturated heterocycles. The number of rotatable bonds is 8. The van der Waals surface area contributed by atoms with Crippen molar-refractivity contribution in [2.75, 3.05) is 41.1 Å². The maximum absolute atomic E-state index is 8.00. The first kappa shape index (κ1) is 28.5. The van der Waals surface area contributed by atoms with Crippen LogP contribution in [0.5, 0.6) is 0 Å². The Labute approximate surface area is 154 Å². The molecule has 1 aromatic heterocycles. The molecule has 0 bridgehead atoms. The van der Waals surface area contributed by atoms with Crippen molar-refractivity contribution >= 4 is 6.79 Å². The third kappa shape index (κ3) is 20.6. The van der Waals surface area contributed by atoms with Crippen molar-refractivity contribution in [1.29, 1.82) is 0 Å². The van der Waals surface area contributed by atoms with Gasteiger partial charge in [0.15, 0.2) is 0 Å². The molecule has 6 nitrogen and oxygen atoms in total. The average molecular weight is 358 g/mol. The maximum atomic E-state index is 8.00. The van der Waals surface area contributed by atoms with Gasteiger partial charge in [0.1, 0.15) is 6.79 Å². The molecule has 0 aliphatic rings. The molecule has 0 amide bonds. The van der Waals surface area contributed by atoms with Crippen LogP contribution in [0.15, 0.2) is 18.5 Å². The summed E-state index contributed by atoms with van der Waals surface area (Å²) in [6, 6.07) is 2.34. The highest BCUT2D eigenvalue weighted by molar-refractivity contribution is 5.16. The van der Waals surface area contributed by atoms with Crippen LogP contribution in [0.25, 0.3) is 0 Å². The Morgan fingerprint density at radius 2 is 1.80 bits per heavy atom. The largest absolute Gasteiger partial charge is 0.385 e. The van der Waals surface area contributed by atoms with E-state index in [0.717, 1.165) is 26.0 Å². The molecular formula is C19H39N3O3. The molecule has 0 radical (unpaired) electrons. The predicted molar refractivity (Wildman–Crippen MR) is 106 cm³/mol. The second-order valence-electron chi connectivity index (χ2n) is 5.20. The van der Waals surface area contributed by atoms with Crippen molar-refractivity contribution in [1.82, 2.24) is 9.88 Å². The average Bonchev–Trinajstić information content (AvgIpc) is 2.64. The number of nitrogens with two attached hydrogens (primary N) is 1. The maximum Gasteiger partial charge on any atom is 0.106 e. The quantitative estimate of drug-likeness (QED) is 0.721. The van der Waals surface area contributed by atoms with Gasteiger partial charge in [-0.2, -0.15) is 0 Å². The smallest absolute Gasteiger partial charge is 0.106 e. The van der Waals surface area contributed by atoms with Crippen molar-refractivity contribution in [3.8, 4) is 0 Å². The topological polar surface area (TPSA) is 77.7 Å². The molecule has 1 rings (SSSR count). The zero-order chi connectivity index (χ0) is 20.1. The summed E-state index contributed by atoms with van der Waals surface area (Å²) in [6.07, 6.45) is 5.74. The summed E-state index contributed by atoms with van der Waals surface area (Å²) in [7, 11) is 5.39. The van der Waals surface area contributed by atoms with Crippen LogP contribution >= 0.6 is 0 Å². The fraction of sp³-hybridized carbons (Fsp3) is 0.684. The van der Waals surface area contributed by atoms with E-state index in [-0.39, 0.29) is 6.04 Å². The van der Waals surface area contributed by atoms with Gasteiger partial charge < -0.3 is 20.0 Å². The van der Waals surface area contributed by atoms with E-state index in [1.807, 2.05) is 47.0 Å². The Balaban J connectivity index is -0.000000518. The minimum atomic E-state index is 0.177. The molecule has 2 N–H and O–H groups in total. The van der Waals surface area contributed by atoms with Crippen molar-refractivity contribution < 1.29 is 14.3 Å². The third-order valence-corrected chi connectivity index (χ3v) is 2.92. The second-order valence-corrected chi connectivity index (χ2v) is 5.20. The standard InChI is InChI=1S/C13H23N3O.C3H8O.C2H6.CH2O/c1-11-6-12(8-15-7-11)4-5-13(14)9-16(2)10-17-3;1-3-4-2;2*1-2/h6-8,13H,4-5,9-10,14H2,1-3H3;3H2,1-2H3;1-2H3;1H2. The van der Waals surface area contributed by atoms with Gasteiger partial charge in [0.05, 0.1) is 6.73 Å². The SMILES string of the molecule is C=O.CC.CCOC.COCN(C)CC(N)CCc1cncc(C)c1. The normalized spacial score (nSPS) is 10.4. The molecule has 1 heterocycles. The minimum Gasteiger partial charge on any atom is -0.385 e. The number of likely N-dealkylation sites (N-methyl/N-ethyl adjacent to an activating group) is 1. The van der Waals surface area contributed by atoms with Gasteiger partial charge in [0, 0.05) is 45.8 Å². The van der Waals surface area contributed by atoms with Gasteiger partial charge in [-0.05, 0) is 44.9 Å². The molecule has 1 unspecified atom stereocenters. The summed E-state index contributed by atoms with van der Waals surface area (Å²) in [5, 5.41) is 0. The van der Waals surface area contributed by atoms with Crippen LogP contribution in [0.1, 0.15) is 38.3 Å². The van der Waals surface area contributed by atoms with Crippen LogP contribution in [0.4, 0.5) is 0 Å². The van der Waals surface area contributed by atoms with E-state index >= 15 is 0 Å². The van der Waals surface area contributed by atoms with Gasteiger partial charge in [-0.3, -0.25) is 9.88 Å². The van der Waals surface area contributed by atoms with Gasteiger partial charge in [-0.15, -0.1) is 0 Å². The van der Waals surface area contributed by atoms with Crippen LogP contribution in [-0.2, 0) is 20.7 Å². The van der Waals surface area contributed by atoms with Gasteiger partial charge in [0.25, 0.3) is 0 Å². The number of nitrogens with zero attached hydrogens (tertiary/aromatic N) is 2. The number of carbonyl (C=O) groups excluding carboxylic acids is 1. The number of hydrogen-bond donors (Lipinski definition) is 1. The van der Waals surface area contributed by atoms with E-state index in [2.05, 4.69) is 27.6 Å². The minimum absolute atomic E-state index is 0.177. The van der Waals surface area contributed by atoms with Gasteiger partial charge in [0.2, 0.25) is 0 Å². The van der Waals surface area contributed by atoms with Gasteiger partial charge >= 0.3 is 0 Å². The zero-order valence-corrected chi connectivity index (χ0v) is 17.2. The number of hydrogen-bond acceptors (Lipinski definition) is 6. The molecular weight excluding hydrogens is 318 g/mol. The highest BCUT2D eigenvalue weighted by atomic mass is 16.5. The van der Waals surface area contributed by atoms with E-state index in [9.17, 15) is 0 Å². The van der Waals surface area contributed by atoms with Crippen molar-refractivity contribution in [2.24, 2.45) is 5.73 Å². The van der Waals surface area contributed by atoms with Gasteiger partial charge in [-0.25, -0.2) is 0 Å². The summed E-state index contributed by atoms with van der Waals surface area (Å²) < 4.78 is 9.59. The monoisotopic (exact) mass is 357 g/mol. The van der Waals surface area contributed by atoms with Crippen LogP contribution in [0.3, 0.4) is 0 Å². The lowest BCUT2D eigenvalue weighted by atomic mass is 10.1. The van der Waals surface area contributed by atoms with Crippen LogP contribution in [-0.4, -0.2) is 63.9 Å². The van der Waals surface area contributed by atoms with Crippen LogP contribution < -0.4 is 5.73 Å².